The van der Waals surface area contributed by atoms with E-state index in [2.05, 4.69) is 20.4 Å². The molecular formula is C14H13ClFN5. The molecule has 7 heteroatoms. The van der Waals surface area contributed by atoms with Crippen molar-refractivity contribution in [2.45, 2.75) is 20.3 Å². The molecular weight excluding hydrogens is 293 g/mol. The Balaban J connectivity index is 2.14. The van der Waals surface area contributed by atoms with Gasteiger partial charge in [0.1, 0.15) is 18.0 Å². The highest BCUT2D eigenvalue weighted by atomic mass is 35.5. The third-order valence-corrected chi connectivity index (χ3v) is 3.56. The monoisotopic (exact) mass is 305 g/mol. The molecule has 0 aliphatic heterocycles. The lowest BCUT2D eigenvalue weighted by molar-refractivity contribution is 0.628. The van der Waals surface area contributed by atoms with Gasteiger partial charge in [-0.25, -0.2) is 9.37 Å². The first-order valence-corrected chi connectivity index (χ1v) is 6.89. The predicted molar refractivity (Wildman–Crippen MR) is 79.6 cm³/mol. The molecule has 0 spiro atoms. The van der Waals surface area contributed by atoms with E-state index in [-0.39, 0.29) is 5.02 Å². The first kappa shape index (κ1) is 13.8. The second-order valence-corrected chi connectivity index (χ2v) is 5.01. The summed E-state index contributed by atoms with van der Waals surface area (Å²) in [6.45, 7) is 3.96. The molecule has 0 atom stereocenters. The summed E-state index contributed by atoms with van der Waals surface area (Å²) in [5, 5.41) is 7.48. The van der Waals surface area contributed by atoms with Gasteiger partial charge in [0.15, 0.2) is 0 Å². The molecule has 0 aliphatic carbocycles. The number of fused-ring (bicyclic) bond motifs is 1. The van der Waals surface area contributed by atoms with E-state index in [0.29, 0.717) is 11.5 Å². The Hall–Kier alpha value is -2.21. The molecule has 3 rings (SSSR count). The fourth-order valence-electron chi connectivity index (χ4n) is 2.25. The third kappa shape index (κ3) is 2.42. The first-order valence-electron chi connectivity index (χ1n) is 6.51. The maximum Gasteiger partial charge on any atom is 0.254 e. The number of aryl methyl sites for hydroxylation is 1. The van der Waals surface area contributed by atoms with E-state index < -0.39 is 5.82 Å². The lowest BCUT2D eigenvalue weighted by Crippen LogP contribution is -2.08. The number of anilines is 2. The van der Waals surface area contributed by atoms with Crippen LogP contribution >= 0.6 is 11.6 Å². The Kier molecular flexibility index (Phi) is 3.47. The fourth-order valence-corrected chi connectivity index (χ4v) is 2.43. The number of hydrogen-bond donors (Lipinski definition) is 1. The van der Waals surface area contributed by atoms with Gasteiger partial charge in [-0.2, -0.15) is 14.6 Å². The van der Waals surface area contributed by atoms with Crippen molar-refractivity contribution in [3.63, 3.8) is 0 Å². The van der Waals surface area contributed by atoms with Crippen LogP contribution in [0.15, 0.2) is 24.5 Å². The summed E-state index contributed by atoms with van der Waals surface area (Å²) in [4.78, 5) is 8.51. The molecule has 1 aromatic carbocycles. The van der Waals surface area contributed by atoms with Crippen LogP contribution in [0.5, 0.6) is 0 Å². The summed E-state index contributed by atoms with van der Waals surface area (Å²) in [6, 6.07) is 4.48. The topological polar surface area (TPSA) is 55.1 Å². The average molecular weight is 306 g/mol. The van der Waals surface area contributed by atoms with Crippen LogP contribution in [0.4, 0.5) is 15.9 Å². The van der Waals surface area contributed by atoms with Crippen molar-refractivity contribution in [1.29, 1.82) is 0 Å². The second-order valence-electron chi connectivity index (χ2n) is 4.60. The van der Waals surface area contributed by atoms with Gasteiger partial charge in [0.2, 0.25) is 0 Å². The Morgan fingerprint density at radius 2 is 2.19 bits per heavy atom. The Morgan fingerprint density at radius 1 is 1.38 bits per heavy atom. The Labute approximate surface area is 125 Å². The van der Waals surface area contributed by atoms with E-state index >= 15 is 0 Å². The molecule has 0 amide bonds. The molecule has 3 aromatic rings. The molecule has 1 N–H and O–H groups in total. The third-order valence-electron chi connectivity index (χ3n) is 3.27. The number of nitrogens with one attached hydrogen (secondary N) is 1. The average Bonchev–Trinajstić information content (AvgIpc) is 2.91. The van der Waals surface area contributed by atoms with E-state index in [4.69, 9.17) is 11.6 Å². The molecule has 0 bridgehead atoms. The summed E-state index contributed by atoms with van der Waals surface area (Å²) in [7, 11) is 0. The van der Waals surface area contributed by atoms with Crippen molar-refractivity contribution in [1.82, 2.24) is 19.6 Å². The number of halogens is 2. The molecule has 0 saturated carbocycles. The van der Waals surface area contributed by atoms with Gasteiger partial charge in [-0.1, -0.05) is 18.5 Å². The van der Waals surface area contributed by atoms with E-state index in [1.54, 1.807) is 10.6 Å². The van der Waals surface area contributed by atoms with Crippen LogP contribution in [0.25, 0.3) is 5.78 Å². The summed E-state index contributed by atoms with van der Waals surface area (Å²) < 4.78 is 14.9. The van der Waals surface area contributed by atoms with Crippen LogP contribution in [0, 0.1) is 12.7 Å². The number of benzene rings is 1. The van der Waals surface area contributed by atoms with Crippen LogP contribution in [-0.2, 0) is 6.42 Å². The van der Waals surface area contributed by atoms with Gasteiger partial charge < -0.3 is 5.32 Å². The van der Waals surface area contributed by atoms with Crippen molar-refractivity contribution in [3.8, 4) is 0 Å². The minimum absolute atomic E-state index is 0.0682. The molecule has 2 heterocycles. The highest BCUT2D eigenvalue weighted by molar-refractivity contribution is 6.31. The van der Waals surface area contributed by atoms with Crippen molar-refractivity contribution in [2.75, 3.05) is 5.32 Å². The number of hydrogen-bond acceptors (Lipinski definition) is 4. The lowest BCUT2D eigenvalue weighted by Gasteiger charge is -2.14. The quantitative estimate of drug-likeness (QED) is 0.804. The van der Waals surface area contributed by atoms with Crippen LogP contribution in [0.1, 0.15) is 18.2 Å². The molecule has 2 aromatic heterocycles. The first-order chi connectivity index (χ1) is 10.1. The van der Waals surface area contributed by atoms with Crippen LogP contribution < -0.4 is 5.32 Å². The SMILES string of the molecule is CCc1c(C)nc2ncnn2c1Nc1ccc(F)c(Cl)c1. The standard InChI is InChI=1S/C14H13ClFN5/c1-3-10-8(2)19-14-17-7-18-21(14)13(10)20-9-4-5-12(16)11(15)6-9/h4-7,20H,3H2,1-2H3. The van der Waals surface area contributed by atoms with Gasteiger partial charge in [0.25, 0.3) is 5.78 Å². The highest BCUT2D eigenvalue weighted by Crippen LogP contribution is 2.26. The summed E-state index contributed by atoms with van der Waals surface area (Å²) >= 11 is 5.82. The normalized spacial score (nSPS) is 11.0. The van der Waals surface area contributed by atoms with Crippen molar-refractivity contribution >= 4 is 28.9 Å². The van der Waals surface area contributed by atoms with E-state index in [9.17, 15) is 4.39 Å². The smallest absolute Gasteiger partial charge is 0.254 e. The molecule has 21 heavy (non-hydrogen) atoms. The molecule has 5 nitrogen and oxygen atoms in total. The zero-order valence-corrected chi connectivity index (χ0v) is 12.3. The minimum atomic E-state index is -0.449. The van der Waals surface area contributed by atoms with Gasteiger partial charge in [0.05, 0.1) is 5.02 Å². The summed E-state index contributed by atoms with van der Waals surface area (Å²) in [5.41, 5.74) is 2.58. The second kappa shape index (κ2) is 5.29. The largest absolute Gasteiger partial charge is 0.340 e. The van der Waals surface area contributed by atoms with Gasteiger partial charge in [0, 0.05) is 16.9 Å². The van der Waals surface area contributed by atoms with Crippen LogP contribution in [0.2, 0.25) is 5.02 Å². The number of aromatic nitrogens is 4. The Bertz CT molecular complexity index is 814. The van der Waals surface area contributed by atoms with Gasteiger partial charge in [-0.15, -0.1) is 0 Å². The van der Waals surface area contributed by atoms with Gasteiger partial charge >= 0.3 is 0 Å². The van der Waals surface area contributed by atoms with E-state index in [0.717, 1.165) is 23.5 Å². The van der Waals surface area contributed by atoms with E-state index in [1.165, 1.54) is 18.5 Å². The molecule has 0 unspecified atom stereocenters. The number of rotatable bonds is 3. The zero-order chi connectivity index (χ0) is 15.0. The molecule has 0 radical (unpaired) electrons. The number of nitrogens with zero attached hydrogens (tertiary/aromatic N) is 4. The van der Waals surface area contributed by atoms with Crippen LogP contribution in [0.3, 0.4) is 0 Å². The fraction of sp³-hybridized carbons (Fsp3) is 0.214. The molecule has 0 fully saturated rings. The molecule has 0 aliphatic rings. The maximum atomic E-state index is 13.3. The van der Waals surface area contributed by atoms with Crippen LogP contribution in [-0.4, -0.2) is 19.6 Å². The summed E-state index contributed by atoms with van der Waals surface area (Å²) in [5.74, 6) is 0.829. The van der Waals surface area contributed by atoms with Gasteiger partial charge in [-0.05, 0) is 31.5 Å². The molecule has 108 valence electrons. The molecule has 0 saturated heterocycles. The minimum Gasteiger partial charge on any atom is -0.340 e. The van der Waals surface area contributed by atoms with Gasteiger partial charge in [-0.3, -0.25) is 0 Å². The van der Waals surface area contributed by atoms with Crippen molar-refractivity contribution < 1.29 is 4.39 Å². The van der Waals surface area contributed by atoms with Crippen molar-refractivity contribution in [2.24, 2.45) is 0 Å². The summed E-state index contributed by atoms with van der Waals surface area (Å²) in [6.07, 6.45) is 2.23. The van der Waals surface area contributed by atoms with Crippen molar-refractivity contribution in [3.05, 3.63) is 46.6 Å². The Morgan fingerprint density at radius 3 is 2.90 bits per heavy atom. The predicted octanol–water partition coefficient (Wildman–Crippen LogP) is 3.53. The maximum absolute atomic E-state index is 13.3. The zero-order valence-electron chi connectivity index (χ0n) is 11.6. The van der Waals surface area contributed by atoms with E-state index in [1.807, 2.05) is 13.8 Å². The highest BCUT2D eigenvalue weighted by Gasteiger charge is 2.13. The lowest BCUT2D eigenvalue weighted by atomic mass is 10.1.